The Morgan fingerprint density at radius 1 is 1.15 bits per heavy atom. The first-order valence-electron chi connectivity index (χ1n) is 8.27. The summed E-state index contributed by atoms with van der Waals surface area (Å²) < 4.78 is 24.0. The van der Waals surface area contributed by atoms with Gasteiger partial charge in [0.05, 0.1) is 15.1 Å². The van der Waals surface area contributed by atoms with Gasteiger partial charge >= 0.3 is 0 Å². The van der Waals surface area contributed by atoms with Gasteiger partial charge < -0.3 is 5.32 Å². The molecule has 0 saturated heterocycles. The predicted molar refractivity (Wildman–Crippen MR) is 105 cm³/mol. The summed E-state index contributed by atoms with van der Waals surface area (Å²) in [6.07, 6.45) is 3.20. The van der Waals surface area contributed by atoms with Crippen molar-refractivity contribution >= 4 is 42.4 Å². The number of carbonyl (C=O) groups is 1. The van der Waals surface area contributed by atoms with Crippen molar-refractivity contribution in [1.29, 1.82) is 0 Å². The fraction of sp³-hybridized carbons (Fsp3) is 0.263. The molecule has 0 aliphatic carbocycles. The summed E-state index contributed by atoms with van der Waals surface area (Å²) in [5.74, 6) is -0.0838. The molecule has 0 radical (unpaired) electrons. The maximum absolute atomic E-state index is 12.1. The quantitative estimate of drug-likeness (QED) is 0.693. The van der Waals surface area contributed by atoms with E-state index in [4.69, 9.17) is 0 Å². The van der Waals surface area contributed by atoms with Crippen LogP contribution in [0, 0.1) is 6.92 Å². The van der Waals surface area contributed by atoms with Crippen LogP contribution in [0.4, 0.5) is 5.13 Å². The highest BCUT2D eigenvalue weighted by Crippen LogP contribution is 2.28. The first-order chi connectivity index (χ1) is 12.3. The Morgan fingerprint density at radius 2 is 1.88 bits per heavy atom. The molecule has 0 fully saturated rings. The minimum Gasteiger partial charge on any atom is -0.302 e. The van der Waals surface area contributed by atoms with Crippen LogP contribution in [-0.4, -0.2) is 25.6 Å². The standard InChI is InChI=1S/C19H20N2O3S2/c1-13-6-8-14(9-7-13)4-3-5-18(22)21-19-20-16-11-10-15(26(2,23)24)12-17(16)25-19/h6-12H,3-5H2,1-2H3,(H,20,21,22). The van der Waals surface area contributed by atoms with Gasteiger partial charge in [-0.25, -0.2) is 13.4 Å². The molecule has 1 N–H and O–H groups in total. The van der Waals surface area contributed by atoms with Crippen molar-refractivity contribution in [2.75, 3.05) is 11.6 Å². The van der Waals surface area contributed by atoms with Crippen molar-refractivity contribution < 1.29 is 13.2 Å². The van der Waals surface area contributed by atoms with E-state index in [1.54, 1.807) is 12.1 Å². The molecule has 3 aromatic rings. The third kappa shape index (κ3) is 4.68. The van der Waals surface area contributed by atoms with Crippen LogP contribution in [0.25, 0.3) is 10.2 Å². The van der Waals surface area contributed by atoms with Crippen LogP contribution in [0.15, 0.2) is 47.4 Å². The average Bonchev–Trinajstić information content (AvgIpc) is 2.97. The van der Waals surface area contributed by atoms with Gasteiger partial charge in [-0.1, -0.05) is 41.2 Å². The Kier molecular flexibility index (Phi) is 5.38. The van der Waals surface area contributed by atoms with Crippen molar-refractivity contribution in [2.45, 2.75) is 31.1 Å². The highest BCUT2D eigenvalue weighted by Gasteiger charge is 2.12. The molecule has 5 nitrogen and oxygen atoms in total. The Balaban J connectivity index is 1.59. The molecule has 0 unspecified atom stereocenters. The van der Waals surface area contributed by atoms with E-state index < -0.39 is 9.84 Å². The molecule has 1 aromatic heterocycles. The number of carbonyl (C=O) groups excluding carboxylic acids is 1. The lowest BCUT2D eigenvalue weighted by Crippen LogP contribution is -2.11. The molecule has 0 spiro atoms. The molecule has 0 atom stereocenters. The number of rotatable bonds is 6. The number of anilines is 1. The van der Waals surface area contributed by atoms with E-state index in [-0.39, 0.29) is 10.8 Å². The van der Waals surface area contributed by atoms with Gasteiger partial charge in [0.2, 0.25) is 5.91 Å². The van der Waals surface area contributed by atoms with Crippen LogP contribution in [-0.2, 0) is 21.1 Å². The number of nitrogens with zero attached hydrogens (tertiary/aromatic N) is 1. The van der Waals surface area contributed by atoms with Gasteiger partial charge in [-0.05, 0) is 43.5 Å². The molecule has 26 heavy (non-hydrogen) atoms. The van der Waals surface area contributed by atoms with Gasteiger partial charge in [-0.3, -0.25) is 4.79 Å². The smallest absolute Gasteiger partial charge is 0.226 e. The number of thiazole rings is 1. The largest absolute Gasteiger partial charge is 0.302 e. The zero-order valence-corrected chi connectivity index (χ0v) is 16.3. The highest BCUT2D eigenvalue weighted by atomic mass is 32.2. The molecule has 1 amide bonds. The van der Waals surface area contributed by atoms with Crippen molar-refractivity contribution in [1.82, 2.24) is 4.98 Å². The SMILES string of the molecule is Cc1ccc(CCCC(=O)Nc2nc3ccc(S(C)(=O)=O)cc3s2)cc1. The van der Waals surface area contributed by atoms with Crippen LogP contribution >= 0.6 is 11.3 Å². The van der Waals surface area contributed by atoms with Crippen molar-refractivity contribution in [2.24, 2.45) is 0 Å². The van der Waals surface area contributed by atoms with Gasteiger partial charge in [0.25, 0.3) is 0 Å². The molecule has 0 aliphatic rings. The Labute approximate surface area is 157 Å². The number of nitrogens with one attached hydrogen (secondary N) is 1. The summed E-state index contributed by atoms with van der Waals surface area (Å²) in [6, 6.07) is 13.1. The molecular weight excluding hydrogens is 368 g/mol. The lowest BCUT2D eigenvalue weighted by molar-refractivity contribution is -0.116. The minimum absolute atomic E-state index is 0.0838. The summed E-state index contributed by atoms with van der Waals surface area (Å²) in [4.78, 5) is 16.7. The molecule has 0 saturated carbocycles. The molecule has 2 aromatic carbocycles. The number of aryl methyl sites for hydroxylation is 2. The monoisotopic (exact) mass is 388 g/mol. The van der Waals surface area contributed by atoms with Crippen molar-refractivity contribution in [3.05, 3.63) is 53.6 Å². The highest BCUT2D eigenvalue weighted by molar-refractivity contribution is 7.90. The zero-order valence-electron chi connectivity index (χ0n) is 14.7. The van der Waals surface area contributed by atoms with Crippen LogP contribution in [0.3, 0.4) is 0 Å². The van der Waals surface area contributed by atoms with Crippen LogP contribution < -0.4 is 5.32 Å². The number of amides is 1. The lowest BCUT2D eigenvalue weighted by Gasteiger charge is -2.03. The topological polar surface area (TPSA) is 76.1 Å². The fourth-order valence-corrected chi connectivity index (χ4v) is 4.22. The lowest BCUT2D eigenvalue weighted by atomic mass is 10.1. The van der Waals surface area contributed by atoms with Gasteiger partial charge in [-0.2, -0.15) is 0 Å². The molecule has 1 heterocycles. The Hall–Kier alpha value is -2.25. The second kappa shape index (κ2) is 7.55. The number of benzene rings is 2. The Morgan fingerprint density at radius 3 is 2.58 bits per heavy atom. The van der Waals surface area contributed by atoms with Crippen LogP contribution in [0.2, 0.25) is 0 Å². The van der Waals surface area contributed by atoms with Gasteiger partial charge in [0, 0.05) is 12.7 Å². The van der Waals surface area contributed by atoms with E-state index in [1.165, 1.54) is 34.8 Å². The summed E-state index contributed by atoms with van der Waals surface area (Å²) in [7, 11) is -3.26. The molecule has 7 heteroatoms. The normalized spacial score (nSPS) is 11.6. The van der Waals surface area contributed by atoms with Crippen molar-refractivity contribution in [3.8, 4) is 0 Å². The fourth-order valence-electron chi connectivity index (χ4n) is 2.58. The predicted octanol–water partition coefficient (Wildman–Crippen LogP) is 3.97. The first kappa shape index (κ1) is 18.5. The van der Waals surface area contributed by atoms with E-state index in [0.29, 0.717) is 17.1 Å². The van der Waals surface area contributed by atoms with E-state index in [2.05, 4.69) is 34.6 Å². The zero-order chi connectivity index (χ0) is 18.7. The molecule has 0 bridgehead atoms. The second-order valence-electron chi connectivity index (χ2n) is 6.31. The second-order valence-corrected chi connectivity index (χ2v) is 9.35. The summed E-state index contributed by atoms with van der Waals surface area (Å²) in [5, 5.41) is 3.30. The van der Waals surface area contributed by atoms with E-state index in [9.17, 15) is 13.2 Å². The van der Waals surface area contributed by atoms with Gasteiger partial charge in [0.1, 0.15) is 0 Å². The number of hydrogen-bond acceptors (Lipinski definition) is 5. The van der Waals surface area contributed by atoms with Crippen LogP contribution in [0.1, 0.15) is 24.0 Å². The molecule has 0 aliphatic heterocycles. The number of aromatic nitrogens is 1. The van der Waals surface area contributed by atoms with E-state index in [0.717, 1.165) is 17.5 Å². The number of hydrogen-bond donors (Lipinski definition) is 1. The maximum atomic E-state index is 12.1. The van der Waals surface area contributed by atoms with Crippen molar-refractivity contribution in [3.63, 3.8) is 0 Å². The summed E-state index contributed by atoms with van der Waals surface area (Å²) >= 11 is 1.28. The Bertz CT molecular complexity index is 1040. The summed E-state index contributed by atoms with van der Waals surface area (Å²) in [5.41, 5.74) is 3.12. The number of fused-ring (bicyclic) bond motifs is 1. The molecule has 136 valence electrons. The van der Waals surface area contributed by atoms with Gasteiger partial charge in [-0.15, -0.1) is 0 Å². The van der Waals surface area contributed by atoms with Gasteiger partial charge in [0.15, 0.2) is 15.0 Å². The minimum atomic E-state index is -3.26. The average molecular weight is 389 g/mol. The van der Waals surface area contributed by atoms with E-state index in [1.807, 2.05) is 6.92 Å². The third-order valence-electron chi connectivity index (χ3n) is 4.02. The van der Waals surface area contributed by atoms with Crippen LogP contribution in [0.5, 0.6) is 0 Å². The maximum Gasteiger partial charge on any atom is 0.226 e. The first-order valence-corrected chi connectivity index (χ1v) is 11.0. The molecule has 3 rings (SSSR count). The summed E-state index contributed by atoms with van der Waals surface area (Å²) in [6.45, 7) is 2.05. The van der Waals surface area contributed by atoms with E-state index >= 15 is 0 Å². The number of sulfone groups is 1. The molecular formula is C19H20N2O3S2. The third-order valence-corrected chi connectivity index (χ3v) is 6.07.